The van der Waals surface area contributed by atoms with Gasteiger partial charge in [-0.1, -0.05) is 0 Å². The van der Waals surface area contributed by atoms with E-state index in [1.807, 2.05) is 0 Å². The second-order valence-electron chi connectivity index (χ2n) is 5.42. The molecule has 0 aromatic carbocycles. The number of aliphatic hydroxyl groups is 1. The zero-order valence-corrected chi connectivity index (χ0v) is 15.6. The van der Waals surface area contributed by atoms with Crippen molar-refractivity contribution in [2.45, 2.75) is 6.10 Å². The van der Waals surface area contributed by atoms with Gasteiger partial charge in [0.25, 0.3) is 0 Å². The molecule has 1 unspecified atom stereocenters. The molecule has 1 aliphatic heterocycles. The molecule has 1 saturated heterocycles. The lowest BCUT2D eigenvalue weighted by molar-refractivity contribution is -0.0721. The first-order valence-corrected chi connectivity index (χ1v) is 9.20. The van der Waals surface area contributed by atoms with E-state index in [-0.39, 0.29) is 12.7 Å². The molecule has 26 heavy (non-hydrogen) atoms. The van der Waals surface area contributed by atoms with Gasteiger partial charge in [-0.05, 0) is 0 Å². The van der Waals surface area contributed by atoms with E-state index in [4.69, 9.17) is 37.9 Å². The van der Waals surface area contributed by atoms with Gasteiger partial charge in [-0.3, -0.25) is 0 Å². The van der Waals surface area contributed by atoms with E-state index in [2.05, 4.69) is 0 Å². The third kappa shape index (κ3) is 15.9. The molecule has 0 amide bonds. The van der Waals surface area contributed by atoms with Crippen LogP contribution in [0.1, 0.15) is 0 Å². The van der Waals surface area contributed by atoms with Crippen LogP contribution in [0, 0.1) is 0 Å². The minimum absolute atomic E-state index is 0.0973. The summed E-state index contributed by atoms with van der Waals surface area (Å²) in [6, 6.07) is 0. The Labute approximate surface area is 155 Å². The smallest absolute Gasteiger partial charge is 0.104 e. The summed E-state index contributed by atoms with van der Waals surface area (Å²) in [4.78, 5) is 0. The third-order valence-corrected chi connectivity index (χ3v) is 3.32. The molecular weight excluding hydrogens is 348 g/mol. The fraction of sp³-hybridized carbons (Fsp3) is 1.00. The first kappa shape index (κ1) is 23.7. The maximum Gasteiger partial charge on any atom is 0.104 e. The van der Waals surface area contributed by atoms with Gasteiger partial charge in [0, 0.05) is 0 Å². The monoisotopic (exact) mass is 382 g/mol. The van der Waals surface area contributed by atoms with Gasteiger partial charge in [0.2, 0.25) is 0 Å². The molecule has 1 heterocycles. The van der Waals surface area contributed by atoms with Crippen LogP contribution in [-0.4, -0.2) is 117 Å². The molecule has 0 aromatic heterocycles. The molecule has 0 aliphatic carbocycles. The van der Waals surface area contributed by atoms with Crippen LogP contribution in [0.4, 0.5) is 0 Å². The fourth-order valence-electron chi connectivity index (χ4n) is 1.96. The van der Waals surface area contributed by atoms with Crippen molar-refractivity contribution < 1.29 is 43.0 Å². The van der Waals surface area contributed by atoms with Crippen LogP contribution in [0.5, 0.6) is 0 Å². The summed E-state index contributed by atoms with van der Waals surface area (Å²) >= 11 is 0. The zero-order chi connectivity index (χ0) is 18.5. The predicted molar refractivity (Wildman–Crippen MR) is 92.6 cm³/mol. The number of aliphatic hydroxyl groups excluding tert-OH is 1. The molecule has 0 radical (unpaired) electrons. The molecule has 1 atom stereocenters. The Balaban J connectivity index is 2.12. The fourth-order valence-corrected chi connectivity index (χ4v) is 1.96. The van der Waals surface area contributed by atoms with E-state index in [9.17, 15) is 5.11 Å². The van der Waals surface area contributed by atoms with Crippen LogP contribution in [0.25, 0.3) is 0 Å². The van der Waals surface area contributed by atoms with Crippen LogP contribution in [0.2, 0.25) is 0 Å². The summed E-state index contributed by atoms with van der Waals surface area (Å²) in [5.41, 5.74) is 0. The summed E-state index contributed by atoms with van der Waals surface area (Å²) in [5.74, 6) is 0. The Morgan fingerprint density at radius 2 is 0.769 bits per heavy atom. The highest BCUT2D eigenvalue weighted by Crippen LogP contribution is 1.94. The van der Waals surface area contributed by atoms with Crippen LogP contribution in [-0.2, 0) is 37.9 Å². The second-order valence-corrected chi connectivity index (χ2v) is 5.42. The SMILES string of the molecule is OCC1COCCOCCOCCOCCOCCOCCOCCO1. The van der Waals surface area contributed by atoms with Crippen molar-refractivity contribution in [1.82, 2.24) is 0 Å². The largest absolute Gasteiger partial charge is 0.394 e. The van der Waals surface area contributed by atoms with Gasteiger partial charge in [0.1, 0.15) is 6.10 Å². The Kier molecular flexibility index (Phi) is 17.7. The molecule has 1 rings (SSSR count). The van der Waals surface area contributed by atoms with Crippen LogP contribution in [0.15, 0.2) is 0 Å². The van der Waals surface area contributed by atoms with Gasteiger partial charge in [-0.15, -0.1) is 0 Å². The summed E-state index contributed by atoms with van der Waals surface area (Å²) in [6.07, 6.45) is -0.360. The second kappa shape index (κ2) is 19.4. The van der Waals surface area contributed by atoms with E-state index in [1.54, 1.807) is 0 Å². The predicted octanol–water partition coefficient (Wildman–Crippen LogP) is -0.506. The molecule has 9 heteroatoms. The Bertz CT molecular complexity index is 257. The summed E-state index contributed by atoms with van der Waals surface area (Å²) in [5, 5.41) is 9.26. The number of hydrogen-bond donors (Lipinski definition) is 1. The first-order chi connectivity index (χ1) is 12.9. The van der Waals surface area contributed by atoms with E-state index >= 15 is 0 Å². The third-order valence-electron chi connectivity index (χ3n) is 3.32. The highest BCUT2D eigenvalue weighted by Gasteiger charge is 2.07. The summed E-state index contributed by atoms with van der Waals surface area (Å²) < 4.78 is 43.3. The maximum absolute atomic E-state index is 9.26. The van der Waals surface area contributed by atoms with Crippen LogP contribution in [0.3, 0.4) is 0 Å². The van der Waals surface area contributed by atoms with E-state index in [1.165, 1.54) is 0 Å². The average molecular weight is 382 g/mol. The Morgan fingerprint density at radius 3 is 1.12 bits per heavy atom. The molecule has 1 N–H and O–H groups in total. The number of hydrogen-bond acceptors (Lipinski definition) is 9. The van der Waals surface area contributed by atoms with Crippen molar-refractivity contribution in [1.29, 1.82) is 0 Å². The minimum Gasteiger partial charge on any atom is -0.394 e. The zero-order valence-electron chi connectivity index (χ0n) is 15.6. The van der Waals surface area contributed by atoms with Crippen molar-refractivity contribution >= 4 is 0 Å². The maximum atomic E-state index is 9.26. The standard InChI is InChI=1S/C17H34O9/c18-15-17-16-25-12-11-23-8-7-21-4-3-19-1-2-20-5-6-22-9-10-24-13-14-26-17/h17-18H,1-16H2. The lowest BCUT2D eigenvalue weighted by Crippen LogP contribution is -2.27. The number of ether oxygens (including phenoxy) is 8. The van der Waals surface area contributed by atoms with E-state index in [0.717, 1.165) is 0 Å². The highest BCUT2D eigenvalue weighted by molar-refractivity contribution is 4.53. The van der Waals surface area contributed by atoms with Gasteiger partial charge in [-0.2, -0.15) is 0 Å². The van der Waals surface area contributed by atoms with Gasteiger partial charge >= 0.3 is 0 Å². The van der Waals surface area contributed by atoms with Crippen LogP contribution < -0.4 is 0 Å². The minimum atomic E-state index is -0.360. The highest BCUT2D eigenvalue weighted by atomic mass is 16.6. The summed E-state index contributed by atoms with van der Waals surface area (Å²) in [7, 11) is 0. The van der Waals surface area contributed by atoms with Crippen molar-refractivity contribution in [3.8, 4) is 0 Å². The Morgan fingerprint density at radius 1 is 0.462 bits per heavy atom. The first-order valence-electron chi connectivity index (χ1n) is 9.20. The lowest BCUT2D eigenvalue weighted by Gasteiger charge is -2.16. The van der Waals surface area contributed by atoms with Gasteiger partial charge < -0.3 is 43.0 Å². The normalized spacial score (nSPS) is 26.0. The van der Waals surface area contributed by atoms with Crippen molar-refractivity contribution in [3.05, 3.63) is 0 Å². The van der Waals surface area contributed by atoms with Crippen molar-refractivity contribution in [2.24, 2.45) is 0 Å². The van der Waals surface area contributed by atoms with E-state index < -0.39 is 0 Å². The molecule has 0 aromatic rings. The van der Waals surface area contributed by atoms with Gasteiger partial charge in [0.15, 0.2) is 0 Å². The molecule has 156 valence electrons. The average Bonchev–Trinajstić information content (AvgIpc) is 2.66. The van der Waals surface area contributed by atoms with Gasteiger partial charge in [0.05, 0.1) is 106 Å². The van der Waals surface area contributed by atoms with Crippen molar-refractivity contribution in [2.75, 3.05) is 106 Å². The number of rotatable bonds is 1. The molecule has 0 saturated carbocycles. The molecule has 0 bridgehead atoms. The molecule has 9 nitrogen and oxygen atoms in total. The molecular formula is C17H34O9. The van der Waals surface area contributed by atoms with Crippen molar-refractivity contribution in [3.63, 3.8) is 0 Å². The topological polar surface area (TPSA) is 94.1 Å². The molecule has 1 fully saturated rings. The summed E-state index contributed by atoms with van der Waals surface area (Å²) in [6.45, 7) is 7.15. The quantitative estimate of drug-likeness (QED) is 0.644. The van der Waals surface area contributed by atoms with Gasteiger partial charge in [-0.25, -0.2) is 0 Å². The van der Waals surface area contributed by atoms with Crippen LogP contribution >= 0.6 is 0 Å². The molecule has 0 spiro atoms. The lowest BCUT2D eigenvalue weighted by atomic mass is 10.4. The Hall–Kier alpha value is -0.360. The van der Waals surface area contributed by atoms with E-state index in [0.29, 0.717) is 99.1 Å². The molecule has 1 aliphatic rings.